The first kappa shape index (κ1) is 16.9. The molecule has 5 heteroatoms. The van der Waals surface area contributed by atoms with E-state index in [1.165, 1.54) is 56.9 Å². The Bertz CT molecular complexity index is 495. The molecule has 2 aliphatic heterocycles. The minimum atomic E-state index is -0.0503. The topological polar surface area (TPSA) is 53.2 Å². The zero-order valence-electron chi connectivity index (χ0n) is 14.6. The van der Waals surface area contributed by atoms with Crippen molar-refractivity contribution < 1.29 is 4.79 Å². The number of hydrogen-bond donors (Lipinski definition) is 3. The van der Waals surface area contributed by atoms with Gasteiger partial charge in [-0.05, 0) is 56.6 Å². The Morgan fingerprint density at radius 1 is 1.17 bits per heavy atom. The van der Waals surface area contributed by atoms with Gasteiger partial charge in [-0.2, -0.15) is 11.8 Å². The number of carbonyl (C=O) groups excluding carboxylic acids is 1. The molecule has 0 aromatic heterocycles. The molecule has 0 radical (unpaired) electrons. The lowest BCUT2D eigenvalue weighted by Crippen LogP contribution is -2.49. The van der Waals surface area contributed by atoms with Crippen LogP contribution in [0.4, 0.5) is 0 Å². The zero-order chi connectivity index (χ0) is 16.4. The fourth-order valence-electron chi connectivity index (χ4n) is 5.06. The van der Waals surface area contributed by atoms with Crippen molar-refractivity contribution in [2.45, 2.75) is 75.1 Å². The third-order valence-electron chi connectivity index (χ3n) is 6.43. The van der Waals surface area contributed by atoms with E-state index in [1.807, 2.05) is 0 Å². The average molecular weight is 350 g/mol. The van der Waals surface area contributed by atoms with Crippen LogP contribution in [0.5, 0.6) is 0 Å². The number of rotatable bonds is 4. The molecule has 5 atom stereocenters. The molecule has 4 rings (SSSR count). The van der Waals surface area contributed by atoms with E-state index in [-0.39, 0.29) is 11.9 Å². The standard InChI is InChI=1S/C19H31N3OS/c23-19(20-11-10-13-6-2-1-3-7-13)18-15-12-24-16-9-5-4-8-14(16)17(15)21-22-18/h6,14-18,21-22H,1-5,7-12H2,(H,20,23). The van der Waals surface area contributed by atoms with Crippen LogP contribution >= 0.6 is 11.8 Å². The Hall–Kier alpha value is -0.520. The summed E-state index contributed by atoms with van der Waals surface area (Å²) in [5.41, 5.74) is 8.36. The molecule has 24 heavy (non-hydrogen) atoms. The molecule has 4 nitrogen and oxygen atoms in total. The summed E-state index contributed by atoms with van der Waals surface area (Å²) >= 11 is 2.12. The number of allylic oxidation sites excluding steroid dienone is 1. The van der Waals surface area contributed by atoms with Crippen molar-refractivity contribution in [3.63, 3.8) is 0 Å². The van der Waals surface area contributed by atoms with E-state index in [9.17, 15) is 4.79 Å². The van der Waals surface area contributed by atoms with E-state index in [4.69, 9.17) is 0 Å². The summed E-state index contributed by atoms with van der Waals surface area (Å²) in [5.74, 6) is 2.51. The van der Waals surface area contributed by atoms with E-state index in [2.05, 4.69) is 34.0 Å². The van der Waals surface area contributed by atoms with Gasteiger partial charge >= 0.3 is 0 Å². The van der Waals surface area contributed by atoms with E-state index >= 15 is 0 Å². The van der Waals surface area contributed by atoms with Gasteiger partial charge in [0.25, 0.3) is 0 Å². The number of amides is 1. The van der Waals surface area contributed by atoms with Gasteiger partial charge in [0.15, 0.2) is 0 Å². The van der Waals surface area contributed by atoms with E-state index < -0.39 is 0 Å². The maximum atomic E-state index is 12.7. The second kappa shape index (κ2) is 7.79. The highest BCUT2D eigenvalue weighted by Crippen LogP contribution is 2.44. The van der Waals surface area contributed by atoms with Gasteiger partial charge in [0.1, 0.15) is 6.04 Å². The maximum Gasteiger partial charge on any atom is 0.238 e. The molecule has 0 bridgehead atoms. The highest BCUT2D eigenvalue weighted by Gasteiger charge is 2.49. The summed E-state index contributed by atoms with van der Waals surface area (Å²) in [6, 6.07) is 0.444. The van der Waals surface area contributed by atoms with Crippen LogP contribution in [0.3, 0.4) is 0 Å². The Morgan fingerprint density at radius 3 is 2.96 bits per heavy atom. The number of hydrazine groups is 1. The number of carbonyl (C=O) groups is 1. The van der Waals surface area contributed by atoms with Gasteiger partial charge in [0.05, 0.1) is 0 Å². The molecule has 134 valence electrons. The summed E-state index contributed by atoms with van der Waals surface area (Å²) in [7, 11) is 0. The SMILES string of the molecule is O=C(NCCC1=CCCCC1)C1NNC2C3CCCCC3SCC12. The second-order valence-electron chi connectivity index (χ2n) is 7.93. The summed E-state index contributed by atoms with van der Waals surface area (Å²) < 4.78 is 0. The lowest BCUT2D eigenvalue weighted by Gasteiger charge is -2.42. The number of fused-ring (bicyclic) bond motifs is 3. The first-order chi connectivity index (χ1) is 11.8. The first-order valence-corrected chi connectivity index (χ1v) is 11.0. The smallest absolute Gasteiger partial charge is 0.238 e. The molecule has 0 aromatic carbocycles. The van der Waals surface area contributed by atoms with Gasteiger partial charge in [0, 0.05) is 23.8 Å². The van der Waals surface area contributed by atoms with Crippen molar-refractivity contribution in [3.8, 4) is 0 Å². The minimum absolute atomic E-state index is 0.0503. The fraction of sp³-hybridized carbons (Fsp3) is 0.842. The highest BCUT2D eigenvalue weighted by molar-refractivity contribution is 8.00. The normalized spacial score (nSPS) is 38.8. The van der Waals surface area contributed by atoms with E-state index in [0.717, 1.165) is 29.9 Å². The van der Waals surface area contributed by atoms with Crippen molar-refractivity contribution in [2.24, 2.45) is 11.8 Å². The van der Waals surface area contributed by atoms with Gasteiger partial charge in [-0.1, -0.05) is 24.5 Å². The van der Waals surface area contributed by atoms with Gasteiger partial charge in [-0.15, -0.1) is 0 Å². The van der Waals surface area contributed by atoms with Crippen LogP contribution in [0.25, 0.3) is 0 Å². The summed E-state index contributed by atoms with van der Waals surface area (Å²) in [6.07, 6.45) is 13.9. The highest BCUT2D eigenvalue weighted by atomic mass is 32.2. The maximum absolute atomic E-state index is 12.7. The van der Waals surface area contributed by atoms with Gasteiger partial charge in [0.2, 0.25) is 5.91 Å². The minimum Gasteiger partial charge on any atom is -0.354 e. The van der Waals surface area contributed by atoms with Crippen molar-refractivity contribution in [2.75, 3.05) is 12.3 Å². The van der Waals surface area contributed by atoms with E-state index in [0.29, 0.717) is 12.0 Å². The Morgan fingerprint density at radius 2 is 2.08 bits per heavy atom. The van der Waals surface area contributed by atoms with Crippen LogP contribution in [0, 0.1) is 11.8 Å². The molecular formula is C19H31N3OS. The largest absolute Gasteiger partial charge is 0.354 e. The van der Waals surface area contributed by atoms with Crippen LogP contribution in [0.2, 0.25) is 0 Å². The predicted octanol–water partition coefficient (Wildman–Crippen LogP) is 2.76. The molecule has 2 saturated heterocycles. The van der Waals surface area contributed by atoms with Crippen molar-refractivity contribution in [3.05, 3.63) is 11.6 Å². The second-order valence-corrected chi connectivity index (χ2v) is 9.20. The van der Waals surface area contributed by atoms with Crippen molar-refractivity contribution in [1.82, 2.24) is 16.2 Å². The Labute approximate surface area is 149 Å². The lowest BCUT2D eigenvalue weighted by atomic mass is 9.77. The molecule has 2 aliphatic carbocycles. The first-order valence-electron chi connectivity index (χ1n) is 9.91. The van der Waals surface area contributed by atoms with Crippen molar-refractivity contribution >= 4 is 17.7 Å². The monoisotopic (exact) mass is 349 g/mol. The molecule has 1 saturated carbocycles. The molecule has 0 aromatic rings. The number of nitrogens with one attached hydrogen (secondary N) is 3. The van der Waals surface area contributed by atoms with Gasteiger partial charge < -0.3 is 5.32 Å². The van der Waals surface area contributed by atoms with E-state index in [1.54, 1.807) is 0 Å². The lowest BCUT2D eigenvalue weighted by molar-refractivity contribution is -0.123. The predicted molar refractivity (Wildman–Crippen MR) is 99.7 cm³/mol. The zero-order valence-corrected chi connectivity index (χ0v) is 15.4. The van der Waals surface area contributed by atoms with Crippen LogP contribution < -0.4 is 16.2 Å². The van der Waals surface area contributed by atoms with Crippen molar-refractivity contribution in [1.29, 1.82) is 0 Å². The molecule has 3 N–H and O–H groups in total. The molecule has 0 spiro atoms. The summed E-state index contributed by atoms with van der Waals surface area (Å²) in [6.45, 7) is 0.791. The fourth-order valence-corrected chi connectivity index (χ4v) is 6.81. The Kier molecular flexibility index (Phi) is 5.50. The third-order valence-corrected chi connectivity index (χ3v) is 8.02. The molecule has 1 amide bonds. The molecular weight excluding hydrogens is 318 g/mol. The number of thioether (sulfide) groups is 1. The van der Waals surface area contributed by atoms with Crippen LogP contribution in [-0.4, -0.2) is 35.5 Å². The third kappa shape index (κ3) is 3.54. The summed E-state index contributed by atoms with van der Waals surface area (Å²) in [5, 5.41) is 4.00. The molecule has 4 aliphatic rings. The van der Waals surface area contributed by atoms with Crippen LogP contribution in [0.1, 0.15) is 57.8 Å². The summed E-state index contributed by atoms with van der Waals surface area (Å²) in [4.78, 5) is 12.7. The quantitative estimate of drug-likeness (QED) is 0.683. The molecule has 2 heterocycles. The Balaban J connectivity index is 1.28. The molecule has 5 unspecified atom stereocenters. The molecule has 3 fully saturated rings. The number of hydrogen-bond acceptors (Lipinski definition) is 4. The van der Waals surface area contributed by atoms with Crippen LogP contribution in [-0.2, 0) is 4.79 Å². The van der Waals surface area contributed by atoms with Gasteiger partial charge in [-0.3, -0.25) is 10.2 Å². The van der Waals surface area contributed by atoms with Crippen LogP contribution in [0.15, 0.2) is 11.6 Å². The average Bonchev–Trinajstić information content (AvgIpc) is 3.07. The van der Waals surface area contributed by atoms with Gasteiger partial charge in [-0.25, -0.2) is 5.43 Å².